The van der Waals surface area contributed by atoms with Crippen molar-refractivity contribution in [1.29, 1.82) is 0 Å². The number of sulfonamides is 1. The van der Waals surface area contributed by atoms with Crippen molar-refractivity contribution in [2.75, 3.05) is 26.8 Å². The van der Waals surface area contributed by atoms with Gasteiger partial charge in [0.2, 0.25) is 10.0 Å². The topological polar surface area (TPSA) is 55.8 Å². The van der Waals surface area contributed by atoms with Crippen molar-refractivity contribution in [3.8, 4) is 5.75 Å². The van der Waals surface area contributed by atoms with Gasteiger partial charge in [0.15, 0.2) is 0 Å². The number of morpholine rings is 1. The summed E-state index contributed by atoms with van der Waals surface area (Å²) in [6.45, 7) is 4.92. The second-order valence-corrected chi connectivity index (χ2v) is 8.16. The van der Waals surface area contributed by atoms with Crippen LogP contribution < -0.4 is 4.74 Å². The van der Waals surface area contributed by atoms with Gasteiger partial charge in [-0.3, -0.25) is 0 Å². The van der Waals surface area contributed by atoms with Crippen molar-refractivity contribution in [2.45, 2.75) is 24.3 Å². The van der Waals surface area contributed by atoms with E-state index in [2.05, 4.69) is 0 Å². The van der Waals surface area contributed by atoms with Gasteiger partial charge in [-0.05, 0) is 26.0 Å². The van der Waals surface area contributed by atoms with Crippen LogP contribution in [0.25, 0.3) is 10.8 Å². The Balaban J connectivity index is 2.12. The third-order valence-corrected chi connectivity index (χ3v) is 5.98. The van der Waals surface area contributed by atoms with Crippen LogP contribution in [0.2, 0.25) is 0 Å². The number of hydrogen-bond acceptors (Lipinski definition) is 4. The molecule has 1 heterocycles. The second kappa shape index (κ2) is 5.78. The third kappa shape index (κ3) is 2.94. The SMILES string of the molecule is COc1ccc(S(=O)(=O)N2CCOC(C)(C)C2)c2ccccc12. The largest absolute Gasteiger partial charge is 0.496 e. The van der Waals surface area contributed by atoms with Crippen LogP contribution in [0.1, 0.15) is 13.8 Å². The lowest BCUT2D eigenvalue weighted by Gasteiger charge is -2.37. The number of ether oxygens (including phenoxy) is 2. The lowest BCUT2D eigenvalue weighted by atomic mass is 10.1. The van der Waals surface area contributed by atoms with Crippen LogP contribution in [0.4, 0.5) is 0 Å². The van der Waals surface area contributed by atoms with Gasteiger partial charge in [-0.2, -0.15) is 4.31 Å². The Labute approximate surface area is 136 Å². The van der Waals surface area contributed by atoms with Gasteiger partial charge in [0, 0.05) is 23.9 Å². The van der Waals surface area contributed by atoms with E-state index in [0.717, 1.165) is 5.39 Å². The maximum absolute atomic E-state index is 13.1. The minimum absolute atomic E-state index is 0.312. The smallest absolute Gasteiger partial charge is 0.243 e. The molecule has 0 atom stereocenters. The average molecular weight is 335 g/mol. The van der Waals surface area contributed by atoms with E-state index in [4.69, 9.17) is 9.47 Å². The van der Waals surface area contributed by atoms with Crippen molar-refractivity contribution >= 4 is 20.8 Å². The molecule has 0 unspecified atom stereocenters. The number of benzene rings is 2. The van der Waals surface area contributed by atoms with Crippen LogP contribution in [0, 0.1) is 0 Å². The standard InChI is InChI=1S/C17H21NO4S/c1-17(2)12-18(10-11-22-17)23(19,20)16-9-8-15(21-3)13-6-4-5-7-14(13)16/h4-9H,10-12H2,1-3H3. The van der Waals surface area contributed by atoms with Crippen molar-refractivity contribution < 1.29 is 17.9 Å². The highest BCUT2D eigenvalue weighted by Crippen LogP contribution is 2.33. The molecule has 1 fully saturated rings. The lowest BCUT2D eigenvalue weighted by Crippen LogP contribution is -2.50. The van der Waals surface area contributed by atoms with Gasteiger partial charge in [0.25, 0.3) is 0 Å². The molecule has 1 aliphatic rings. The number of hydrogen-bond donors (Lipinski definition) is 0. The average Bonchev–Trinajstić information content (AvgIpc) is 2.52. The summed E-state index contributed by atoms with van der Waals surface area (Å²) >= 11 is 0. The van der Waals surface area contributed by atoms with Crippen molar-refractivity contribution in [3.63, 3.8) is 0 Å². The Hall–Kier alpha value is -1.63. The number of nitrogens with zero attached hydrogens (tertiary/aromatic N) is 1. The van der Waals surface area contributed by atoms with E-state index in [1.165, 1.54) is 4.31 Å². The van der Waals surface area contributed by atoms with Crippen molar-refractivity contribution in [3.05, 3.63) is 36.4 Å². The first-order valence-corrected chi connectivity index (χ1v) is 8.99. The Kier molecular flexibility index (Phi) is 4.08. The highest BCUT2D eigenvalue weighted by atomic mass is 32.2. The summed E-state index contributed by atoms with van der Waals surface area (Å²) < 4.78 is 38.7. The maximum atomic E-state index is 13.1. The Morgan fingerprint density at radius 3 is 2.48 bits per heavy atom. The molecule has 0 aromatic heterocycles. The number of fused-ring (bicyclic) bond motifs is 1. The van der Waals surface area contributed by atoms with E-state index in [1.807, 2.05) is 38.1 Å². The van der Waals surface area contributed by atoms with E-state index in [0.29, 0.717) is 35.7 Å². The zero-order valence-corrected chi connectivity index (χ0v) is 14.4. The van der Waals surface area contributed by atoms with Crippen LogP contribution >= 0.6 is 0 Å². The molecule has 2 aromatic rings. The molecule has 0 bridgehead atoms. The molecule has 2 aromatic carbocycles. The van der Waals surface area contributed by atoms with E-state index >= 15 is 0 Å². The monoisotopic (exact) mass is 335 g/mol. The van der Waals surface area contributed by atoms with Crippen molar-refractivity contribution in [2.24, 2.45) is 0 Å². The van der Waals surface area contributed by atoms with Gasteiger partial charge in [-0.1, -0.05) is 24.3 Å². The summed E-state index contributed by atoms with van der Waals surface area (Å²) in [4.78, 5) is 0.312. The highest BCUT2D eigenvalue weighted by Gasteiger charge is 2.35. The zero-order chi connectivity index (χ0) is 16.7. The highest BCUT2D eigenvalue weighted by molar-refractivity contribution is 7.89. The van der Waals surface area contributed by atoms with E-state index in [1.54, 1.807) is 19.2 Å². The summed E-state index contributed by atoms with van der Waals surface area (Å²) in [6.07, 6.45) is 0. The summed E-state index contributed by atoms with van der Waals surface area (Å²) in [6, 6.07) is 10.7. The lowest BCUT2D eigenvalue weighted by molar-refractivity contribution is -0.0640. The fourth-order valence-electron chi connectivity index (χ4n) is 2.96. The normalized spacial score (nSPS) is 18.9. The van der Waals surface area contributed by atoms with Gasteiger partial charge in [-0.15, -0.1) is 0 Å². The fourth-order valence-corrected chi connectivity index (χ4v) is 4.73. The third-order valence-electron chi connectivity index (χ3n) is 4.07. The van der Waals surface area contributed by atoms with E-state index in [9.17, 15) is 8.42 Å². The summed E-state index contributed by atoms with van der Waals surface area (Å²) in [7, 11) is -2.00. The molecule has 5 nitrogen and oxygen atoms in total. The molecule has 3 rings (SSSR count). The van der Waals surface area contributed by atoms with Crippen LogP contribution in [0.5, 0.6) is 5.75 Å². The summed E-state index contributed by atoms with van der Waals surface area (Å²) in [5, 5.41) is 1.47. The molecule has 1 saturated heterocycles. The predicted octanol–water partition coefficient (Wildman–Crippen LogP) is 2.65. The number of rotatable bonds is 3. The first-order chi connectivity index (χ1) is 10.8. The molecule has 1 aliphatic heterocycles. The molecule has 124 valence electrons. The minimum atomic E-state index is -3.59. The van der Waals surface area contributed by atoms with Gasteiger partial charge in [0.05, 0.1) is 24.2 Å². The van der Waals surface area contributed by atoms with Crippen molar-refractivity contribution in [1.82, 2.24) is 4.31 Å². The molecule has 0 amide bonds. The first kappa shape index (κ1) is 16.2. The number of methoxy groups -OCH3 is 1. The Morgan fingerprint density at radius 1 is 1.13 bits per heavy atom. The molecule has 0 N–H and O–H groups in total. The van der Waals surface area contributed by atoms with Gasteiger partial charge < -0.3 is 9.47 Å². The van der Waals surface area contributed by atoms with Crippen LogP contribution in [0.3, 0.4) is 0 Å². The van der Waals surface area contributed by atoms with Crippen LogP contribution in [-0.2, 0) is 14.8 Å². The van der Waals surface area contributed by atoms with Crippen LogP contribution in [0.15, 0.2) is 41.3 Å². The molecule has 0 aliphatic carbocycles. The Bertz CT molecular complexity index is 830. The molecule has 0 radical (unpaired) electrons. The summed E-state index contributed by atoms with van der Waals surface area (Å²) in [5.74, 6) is 0.668. The minimum Gasteiger partial charge on any atom is -0.496 e. The second-order valence-electron chi connectivity index (χ2n) is 6.26. The van der Waals surface area contributed by atoms with Crippen LogP contribution in [-0.4, -0.2) is 45.1 Å². The molecular weight excluding hydrogens is 314 g/mol. The quantitative estimate of drug-likeness (QED) is 0.865. The molecule has 0 spiro atoms. The molecule has 0 saturated carbocycles. The van der Waals surface area contributed by atoms with E-state index in [-0.39, 0.29) is 0 Å². The fraction of sp³-hybridized carbons (Fsp3) is 0.412. The first-order valence-electron chi connectivity index (χ1n) is 7.55. The van der Waals surface area contributed by atoms with Gasteiger partial charge in [-0.25, -0.2) is 8.42 Å². The molecular formula is C17H21NO4S. The maximum Gasteiger partial charge on any atom is 0.243 e. The van der Waals surface area contributed by atoms with E-state index < -0.39 is 15.6 Å². The zero-order valence-electron chi connectivity index (χ0n) is 13.6. The summed E-state index contributed by atoms with van der Waals surface area (Å²) in [5.41, 5.74) is -0.479. The molecule has 23 heavy (non-hydrogen) atoms. The molecule has 6 heteroatoms. The predicted molar refractivity (Wildman–Crippen MR) is 89.3 cm³/mol. The van der Waals surface area contributed by atoms with Gasteiger partial charge in [0.1, 0.15) is 5.75 Å². The van der Waals surface area contributed by atoms with Gasteiger partial charge >= 0.3 is 0 Å². The Morgan fingerprint density at radius 2 is 1.83 bits per heavy atom.